The number of carbonyl (C=O) groups excluding carboxylic acids is 2. The summed E-state index contributed by atoms with van der Waals surface area (Å²) in [5.41, 5.74) is -0.166. The highest BCUT2D eigenvalue weighted by Crippen LogP contribution is 2.38. The summed E-state index contributed by atoms with van der Waals surface area (Å²) in [6.45, 7) is 8.92. The molecule has 4 fully saturated rings. The number of amides is 2. The van der Waals surface area contributed by atoms with Crippen LogP contribution in [0.5, 0.6) is 0 Å². The molecule has 3 saturated heterocycles. The molecule has 0 radical (unpaired) electrons. The minimum atomic E-state index is -0.827. The Hall–Kier alpha value is -1.38. The van der Waals surface area contributed by atoms with Crippen LogP contribution in [0.3, 0.4) is 0 Å². The molecule has 9 heteroatoms. The number of rotatable bonds is 9. The summed E-state index contributed by atoms with van der Waals surface area (Å²) in [5.74, 6) is 0.738. The van der Waals surface area contributed by atoms with E-state index in [1.807, 2.05) is 4.90 Å². The number of likely N-dealkylation sites (tertiary alicyclic amines) is 2. The van der Waals surface area contributed by atoms with E-state index in [2.05, 4.69) is 52.4 Å². The molecule has 1 saturated carbocycles. The first-order valence-corrected chi connectivity index (χ1v) is 15.7. The van der Waals surface area contributed by atoms with Crippen molar-refractivity contribution in [1.82, 2.24) is 20.0 Å². The number of hydrogen-bond acceptors (Lipinski definition) is 5. The van der Waals surface area contributed by atoms with Crippen LogP contribution in [0.4, 0.5) is 0 Å². The number of nitrogens with one attached hydrogen (secondary N) is 1. The molecule has 0 bridgehead atoms. The molecule has 232 valence electrons. The molecule has 3 heterocycles. The average Bonchev–Trinajstić information content (AvgIpc) is 2.95. The van der Waals surface area contributed by atoms with Crippen LogP contribution in [0.1, 0.15) is 89.5 Å². The molecular weight excluding hydrogens is 559 g/mol. The van der Waals surface area contributed by atoms with E-state index in [0.29, 0.717) is 31.7 Å². The van der Waals surface area contributed by atoms with E-state index in [0.717, 1.165) is 84.2 Å². The fraction of sp³-hybridized carbons (Fsp3) is 0.750. The number of benzene rings is 1. The number of halogens is 2. The van der Waals surface area contributed by atoms with E-state index in [1.54, 1.807) is 0 Å². The molecule has 7 nitrogen and oxygen atoms in total. The fourth-order valence-corrected chi connectivity index (χ4v) is 7.59. The Morgan fingerprint density at radius 2 is 1.56 bits per heavy atom. The van der Waals surface area contributed by atoms with Crippen molar-refractivity contribution in [3.8, 4) is 0 Å². The third kappa shape index (κ3) is 8.17. The third-order valence-corrected chi connectivity index (χ3v) is 10.1. The maximum Gasteiger partial charge on any atom is 0.246 e. The predicted molar refractivity (Wildman–Crippen MR) is 169 cm³/mol. The molecule has 2 N–H and O–H groups in total. The number of piperidine rings is 2. The van der Waals surface area contributed by atoms with Crippen molar-refractivity contribution in [2.75, 3.05) is 39.3 Å². The van der Waals surface area contributed by atoms with E-state index in [1.165, 1.54) is 18.4 Å². The second-order valence-corrected chi connectivity index (χ2v) is 12.9. The molecule has 1 spiro atoms. The molecule has 3 aliphatic heterocycles. The van der Waals surface area contributed by atoms with Gasteiger partial charge < -0.3 is 20.2 Å². The zero-order valence-electron chi connectivity index (χ0n) is 24.9. The van der Waals surface area contributed by atoms with Crippen LogP contribution in [0.25, 0.3) is 0 Å². The summed E-state index contributed by atoms with van der Waals surface area (Å²) in [5, 5.41) is 14.3. The summed E-state index contributed by atoms with van der Waals surface area (Å²) in [7, 11) is 0. The predicted octanol–water partition coefficient (Wildman–Crippen LogP) is 4.79. The van der Waals surface area contributed by atoms with Crippen LogP contribution in [-0.4, -0.2) is 88.1 Å². The number of hydrogen-bond donors (Lipinski definition) is 2. The molecule has 1 aromatic rings. The Bertz CT molecular complexity index is 959. The van der Waals surface area contributed by atoms with Gasteiger partial charge in [0.15, 0.2) is 0 Å². The minimum absolute atomic E-state index is 0. The summed E-state index contributed by atoms with van der Waals surface area (Å²) in [4.78, 5) is 34.6. The van der Waals surface area contributed by atoms with Crippen molar-refractivity contribution < 1.29 is 14.7 Å². The largest absolute Gasteiger partial charge is 0.390 e. The minimum Gasteiger partial charge on any atom is -0.390 e. The first-order chi connectivity index (χ1) is 18.9. The van der Waals surface area contributed by atoms with Crippen molar-refractivity contribution in [1.29, 1.82) is 0 Å². The lowest BCUT2D eigenvalue weighted by molar-refractivity contribution is -0.163. The topological polar surface area (TPSA) is 76.1 Å². The molecule has 1 atom stereocenters. The lowest BCUT2D eigenvalue weighted by Crippen LogP contribution is -2.73. The molecule has 1 aliphatic carbocycles. The van der Waals surface area contributed by atoms with E-state index in [4.69, 9.17) is 0 Å². The average molecular weight is 612 g/mol. The van der Waals surface area contributed by atoms with Crippen LogP contribution < -0.4 is 5.32 Å². The number of aliphatic hydroxyl groups is 1. The van der Waals surface area contributed by atoms with Crippen molar-refractivity contribution in [2.45, 2.75) is 108 Å². The lowest BCUT2D eigenvalue weighted by atomic mass is 9.77. The van der Waals surface area contributed by atoms with Gasteiger partial charge in [0, 0.05) is 39.1 Å². The van der Waals surface area contributed by atoms with Crippen LogP contribution in [0.2, 0.25) is 0 Å². The Balaban J connectivity index is 0.00000231. The summed E-state index contributed by atoms with van der Waals surface area (Å²) < 4.78 is 0. The van der Waals surface area contributed by atoms with Gasteiger partial charge in [0.2, 0.25) is 11.8 Å². The molecule has 2 amide bonds. The van der Waals surface area contributed by atoms with Crippen molar-refractivity contribution in [3.63, 3.8) is 0 Å². The van der Waals surface area contributed by atoms with Gasteiger partial charge in [-0.1, -0.05) is 62.9 Å². The first-order valence-electron chi connectivity index (χ1n) is 15.7. The second-order valence-electron chi connectivity index (χ2n) is 12.9. The van der Waals surface area contributed by atoms with Gasteiger partial charge >= 0.3 is 0 Å². The highest BCUT2D eigenvalue weighted by Gasteiger charge is 2.54. The maximum atomic E-state index is 13.8. The monoisotopic (exact) mass is 610 g/mol. The van der Waals surface area contributed by atoms with Crippen LogP contribution in [0.15, 0.2) is 30.3 Å². The highest BCUT2D eigenvalue weighted by atomic mass is 35.5. The highest BCUT2D eigenvalue weighted by molar-refractivity contribution is 6.00. The smallest absolute Gasteiger partial charge is 0.246 e. The van der Waals surface area contributed by atoms with E-state index in [-0.39, 0.29) is 36.6 Å². The molecule has 41 heavy (non-hydrogen) atoms. The zero-order chi connectivity index (χ0) is 27.3. The quantitative estimate of drug-likeness (QED) is 0.420. The van der Waals surface area contributed by atoms with Crippen LogP contribution in [-0.2, 0) is 16.1 Å². The normalized spacial score (nSPS) is 25.3. The third-order valence-electron chi connectivity index (χ3n) is 10.1. The van der Waals surface area contributed by atoms with Gasteiger partial charge in [-0.15, -0.1) is 24.8 Å². The van der Waals surface area contributed by atoms with E-state index < -0.39 is 17.2 Å². The second kappa shape index (κ2) is 15.4. The Morgan fingerprint density at radius 3 is 2.20 bits per heavy atom. The van der Waals surface area contributed by atoms with Gasteiger partial charge in [0.25, 0.3) is 0 Å². The zero-order valence-corrected chi connectivity index (χ0v) is 26.5. The van der Waals surface area contributed by atoms with Gasteiger partial charge in [-0.05, 0) is 69.5 Å². The van der Waals surface area contributed by atoms with E-state index in [9.17, 15) is 14.7 Å². The molecule has 0 unspecified atom stereocenters. The van der Waals surface area contributed by atoms with Gasteiger partial charge in [-0.2, -0.15) is 0 Å². The van der Waals surface area contributed by atoms with Crippen molar-refractivity contribution in [2.24, 2.45) is 5.92 Å². The van der Waals surface area contributed by atoms with Crippen LogP contribution in [0, 0.1) is 5.92 Å². The van der Waals surface area contributed by atoms with Gasteiger partial charge in [0.1, 0.15) is 11.6 Å². The molecule has 1 aromatic carbocycles. The molecule has 5 rings (SSSR count). The standard InChI is InChI=1S/C32H50N4O3.2ClH/c1-2-3-18-36-29(37)28(23-31(39)14-8-5-9-15-31)33-30(38)32(36)16-21-35(22-17-32)25-27-12-19-34(20-13-27)24-26-10-6-4-7-11-26;;/h4,6-7,10-11,27-28,39H,2-3,5,8-9,12-25H2,1H3,(H,33,38);2*1H/t28-;;/m1../s1. The number of nitrogens with zero attached hydrogens (tertiary/aromatic N) is 3. The SMILES string of the molecule is CCCCN1C(=O)[C@@H](CC2(O)CCCCC2)NC(=O)C12CCN(CC1CCN(Cc3ccccc3)CC1)CC2.Cl.Cl. The first kappa shape index (κ1) is 34.1. The van der Waals surface area contributed by atoms with Gasteiger partial charge in [-0.25, -0.2) is 0 Å². The van der Waals surface area contributed by atoms with Gasteiger partial charge in [-0.3, -0.25) is 14.5 Å². The molecule has 0 aromatic heterocycles. The Morgan fingerprint density at radius 1 is 0.902 bits per heavy atom. The number of unbranched alkanes of at least 4 members (excludes halogenated alkanes) is 1. The summed E-state index contributed by atoms with van der Waals surface area (Å²) in [6, 6.07) is 10.2. The number of piperazine rings is 1. The van der Waals surface area contributed by atoms with Gasteiger partial charge in [0.05, 0.1) is 5.60 Å². The lowest BCUT2D eigenvalue weighted by Gasteiger charge is -2.52. The summed E-state index contributed by atoms with van der Waals surface area (Å²) in [6.07, 6.45) is 10.7. The summed E-state index contributed by atoms with van der Waals surface area (Å²) >= 11 is 0. The maximum absolute atomic E-state index is 13.8. The fourth-order valence-electron chi connectivity index (χ4n) is 7.59. The number of carbonyl (C=O) groups is 2. The van der Waals surface area contributed by atoms with Crippen LogP contribution >= 0.6 is 24.8 Å². The van der Waals surface area contributed by atoms with Crippen molar-refractivity contribution >= 4 is 36.6 Å². The molecular formula is C32H52Cl2N4O3. The van der Waals surface area contributed by atoms with E-state index >= 15 is 0 Å². The Labute approximate surface area is 259 Å². The molecule has 4 aliphatic rings. The Kier molecular flexibility index (Phi) is 12.8. The van der Waals surface area contributed by atoms with Crippen molar-refractivity contribution in [3.05, 3.63) is 35.9 Å².